The molecular formula is C29H34Cl2F3N3O5S. The maximum absolute atomic E-state index is 14.2. The predicted molar refractivity (Wildman–Crippen MR) is 158 cm³/mol. The average molecular weight is 665 g/mol. The van der Waals surface area contributed by atoms with Crippen LogP contribution in [0.2, 0.25) is 10.0 Å². The average Bonchev–Trinajstić information content (AvgIpc) is 2.89. The van der Waals surface area contributed by atoms with Crippen molar-refractivity contribution in [2.45, 2.75) is 63.1 Å². The second-order valence-electron chi connectivity index (χ2n) is 11.6. The van der Waals surface area contributed by atoms with Gasteiger partial charge in [-0.25, -0.2) is 4.79 Å². The van der Waals surface area contributed by atoms with Crippen LogP contribution in [-0.4, -0.2) is 75.8 Å². The van der Waals surface area contributed by atoms with Crippen LogP contribution < -0.4 is 5.32 Å². The number of ether oxygens (including phenoxy) is 2. The molecule has 1 unspecified atom stereocenters. The van der Waals surface area contributed by atoms with Crippen LogP contribution in [0.5, 0.6) is 0 Å². The summed E-state index contributed by atoms with van der Waals surface area (Å²) < 4.78 is 66.4. The molecule has 2 amide bonds. The molecule has 2 saturated heterocycles. The number of nitrogens with zero attached hydrogens (tertiary/aromatic N) is 2. The quantitative estimate of drug-likeness (QED) is 0.398. The third-order valence-corrected chi connectivity index (χ3v) is 9.02. The van der Waals surface area contributed by atoms with E-state index < -0.39 is 45.7 Å². The van der Waals surface area contributed by atoms with Crippen LogP contribution in [0.1, 0.15) is 54.7 Å². The number of hydrogen-bond acceptors (Lipinski definition) is 6. The molecule has 14 heteroatoms. The molecule has 4 rings (SSSR count). The first-order valence-corrected chi connectivity index (χ1v) is 15.8. The molecule has 2 aromatic carbocycles. The topological polar surface area (TPSA) is 88.2 Å². The van der Waals surface area contributed by atoms with E-state index in [0.717, 1.165) is 6.07 Å². The number of halogens is 5. The van der Waals surface area contributed by atoms with Crippen molar-refractivity contribution in [1.82, 2.24) is 15.1 Å². The lowest BCUT2D eigenvalue weighted by atomic mass is 9.90. The molecule has 1 N–H and O–H groups in total. The van der Waals surface area contributed by atoms with Gasteiger partial charge in [-0.15, -0.1) is 0 Å². The van der Waals surface area contributed by atoms with Crippen LogP contribution in [0.4, 0.5) is 18.0 Å². The Balaban J connectivity index is 1.46. The van der Waals surface area contributed by atoms with Gasteiger partial charge < -0.3 is 19.7 Å². The lowest BCUT2D eigenvalue weighted by Crippen LogP contribution is -2.70. The zero-order valence-corrected chi connectivity index (χ0v) is 26.6. The van der Waals surface area contributed by atoms with E-state index in [1.165, 1.54) is 6.07 Å². The summed E-state index contributed by atoms with van der Waals surface area (Å²) in [6.45, 7) is 8.36. The number of morpholine rings is 1. The van der Waals surface area contributed by atoms with E-state index in [1.54, 1.807) is 55.7 Å². The summed E-state index contributed by atoms with van der Waals surface area (Å²) in [6, 6.07) is 6.74. The zero-order valence-electron chi connectivity index (χ0n) is 24.3. The maximum atomic E-state index is 14.2. The molecule has 2 heterocycles. The van der Waals surface area contributed by atoms with E-state index in [9.17, 15) is 27.0 Å². The van der Waals surface area contributed by atoms with Crippen molar-refractivity contribution in [3.63, 3.8) is 0 Å². The molecule has 0 aliphatic carbocycles. The minimum absolute atomic E-state index is 0.0860. The Labute approximate surface area is 261 Å². The lowest BCUT2D eigenvalue weighted by molar-refractivity contribution is -0.183. The molecule has 236 valence electrons. The Morgan fingerprint density at radius 1 is 1.12 bits per heavy atom. The number of hydrogen-bond donors (Lipinski definition) is 1. The van der Waals surface area contributed by atoms with E-state index in [-0.39, 0.29) is 42.4 Å². The van der Waals surface area contributed by atoms with Crippen LogP contribution in [-0.2, 0) is 39.5 Å². The van der Waals surface area contributed by atoms with Gasteiger partial charge in [0, 0.05) is 59.0 Å². The summed E-state index contributed by atoms with van der Waals surface area (Å²) in [5.74, 6) is -0.422. The molecule has 0 aromatic heterocycles. The highest BCUT2D eigenvalue weighted by atomic mass is 35.5. The van der Waals surface area contributed by atoms with Crippen molar-refractivity contribution in [3.05, 3.63) is 62.6 Å². The maximum Gasteiger partial charge on any atom is 0.416 e. The highest BCUT2D eigenvalue weighted by Gasteiger charge is 2.49. The highest BCUT2D eigenvalue weighted by Crippen LogP contribution is 2.39. The largest absolute Gasteiger partial charge is 0.444 e. The van der Waals surface area contributed by atoms with Crippen molar-refractivity contribution in [3.8, 4) is 0 Å². The smallest absolute Gasteiger partial charge is 0.416 e. The molecule has 0 saturated carbocycles. The Morgan fingerprint density at radius 2 is 1.81 bits per heavy atom. The summed E-state index contributed by atoms with van der Waals surface area (Å²) in [5, 5.41) is 2.76. The van der Waals surface area contributed by atoms with Crippen molar-refractivity contribution in [1.29, 1.82) is 0 Å². The van der Waals surface area contributed by atoms with Crippen LogP contribution in [0.3, 0.4) is 0 Å². The SMILES string of the molecule is CCS(=O)c1ccc(Cl)cc1CNC(=O)c1cc(Cl)c(CN2CC3(C2)CN(C(=O)OC(C)(C)C)CCO3)c(C(F)(F)F)c1. The number of alkyl halides is 3. The molecule has 2 aromatic rings. The van der Waals surface area contributed by atoms with Crippen molar-refractivity contribution >= 4 is 46.0 Å². The van der Waals surface area contributed by atoms with Gasteiger partial charge in [0.2, 0.25) is 0 Å². The van der Waals surface area contributed by atoms with Gasteiger partial charge in [0.1, 0.15) is 11.2 Å². The summed E-state index contributed by atoms with van der Waals surface area (Å²) in [5.41, 5.74) is -2.29. The summed E-state index contributed by atoms with van der Waals surface area (Å²) >= 11 is 12.4. The third-order valence-electron chi connectivity index (χ3n) is 7.04. The van der Waals surface area contributed by atoms with Crippen molar-refractivity contribution < 1.29 is 36.4 Å². The first-order valence-electron chi connectivity index (χ1n) is 13.7. The van der Waals surface area contributed by atoms with Gasteiger partial charge in [-0.3, -0.25) is 13.9 Å². The molecule has 2 fully saturated rings. The van der Waals surface area contributed by atoms with Gasteiger partial charge in [0.25, 0.3) is 5.91 Å². The molecule has 2 aliphatic rings. The molecule has 0 bridgehead atoms. The number of amides is 2. The number of carbonyl (C=O) groups is 2. The highest BCUT2D eigenvalue weighted by molar-refractivity contribution is 7.85. The van der Waals surface area contributed by atoms with Crippen LogP contribution >= 0.6 is 23.2 Å². The first-order chi connectivity index (χ1) is 20.0. The third kappa shape index (κ3) is 8.21. The zero-order chi connectivity index (χ0) is 31.7. The monoisotopic (exact) mass is 663 g/mol. The fourth-order valence-corrected chi connectivity index (χ4v) is 6.57. The minimum Gasteiger partial charge on any atom is -0.444 e. The molecule has 2 aliphatic heterocycles. The van der Waals surface area contributed by atoms with Crippen molar-refractivity contribution in [2.24, 2.45) is 0 Å². The molecule has 1 atom stereocenters. The summed E-state index contributed by atoms with van der Waals surface area (Å²) in [6.07, 6.45) is -5.24. The fourth-order valence-electron chi connectivity index (χ4n) is 5.15. The van der Waals surface area contributed by atoms with Gasteiger partial charge in [0.15, 0.2) is 0 Å². The lowest BCUT2D eigenvalue weighted by Gasteiger charge is -2.53. The predicted octanol–water partition coefficient (Wildman–Crippen LogP) is 5.89. The number of nitrogens with one attached hydrogen (secondary N) is 1. The van der Waals surface area contributed by atoms with Gasteiger partial charge in [0.05, 0.1) is 29.5 Å². The number of benzene rings is 2. The van der Waals surface area contributed by atoms with Gasteiger partial charge in [-0.05, 0) is 62.2 Å². The number of likely N-dealkylation sites (tertiary alicyclic amines) is 1. The molecule has 43 heavy (non-hydrogen) atoms. The van der Waals surface area contributed by atoms with Crippen LogP contribution in [0.25, 0.3) is 0 Å². The minimum atomic E-state index is -4.77. The Bertz CT molecular complexity index is 1410. The van der Waals surface area contributed by atoms with Crippen LogP contribution in [0.15, 0.2) is 35.2 Å². The van der Waals surface area contributed by atoms with E-state index >= 15 is 0 Å². The van der Waals surface area contributed by atoms with Gasteiger partial charge in [-0.1, -0.05) is 30.1 Å². The van der Waals surface area contributed by atoms with E-state index in [4.69, 9.17) is 32.7 Å². The normalized spacial score (nSPS) is 17.8. The van der Waals surface area contributed by atoms with Gasteiger partial charge >= 0.3 is 12.3 Å². The standard InChI is InChI=1S/C29H34Cl2F3N3O5S/c1-5-43(40)24-7-6-20(30)10-19(24)13-35-25(38)18-11-22(29(32,33)34)21(23(31)12-18)14-36-15-28(16-36)17-37(8-9-41-28)26(39)42-27(2,3)4/h6-7,10-12H,5,8-9,13-17H2,1-4H3,(H,35,38). The van der Waals surface area contributed by atoms with E-state index in [0.29, 0.717) is 40.9 Å². The second-order valence-corrected chi connectivity index (χ2v) is 14.2. The van der Waals surface area contributed by atoms with E-state index in [1.807, 2.05) is 0 Å². The fraction of sp³-hybridized carbons (Fsp3) is 0.517. The number of carbonyl (C=O) groups excluding carboxylic acids is 2. The number of rotatable bonds is 7. The second kappa shape index (κ2) is 12.9. The first kappa shape index (κ1) is 33.5. The Morgan fingerprint density at radius 3 is 2.44 bits per heavy atom. The molecule has 1 spiro atoms. The molecule has 0 radical (unpaired) electrons. The summed E-state index contributed by atoms with van der Waals surface area (Å²) in [7, 11) is -1.32. The Hall–Kier alpha value is -2.38. The van der Waals surface area contributed by atoms with Crippen molar-refractivity contribution in [2.75, 3.05) is 38.5 Å². The molecular weight excluding hydrogens is 630 g/mol. The summed E-state index contributed by atoms with van der Waals surface area (Å²) in [4.78, 5) is 29.3. The molecule has 8 nitrogen and oxygen atoms in total. The van der Waals surface area contributed by atoms with E-state index in [2.05, 4.69) is 5.32 Å². The van der Waals surface area contributed by atoms with Gasteiger partial charge in [-0.2, -0.15) is 13.2 Å². The Kier molecular flexibility index (Phi) is 10.1. The van der Waals surface area contributed by atoms with Crippen LogP contribution in [0, 0.1) is 0 Å².